The summed E-state index contributed by atoms with van der Waals surface area (Å²) in [5.41, 5.74) is 0.838. The standard InChI is InChI=1S/C14H18N4O3/c1-3-10(7-13(19)20)9-18-14(15-16-17-18)11-5-4-6-12(8-11)21-2/h4-6,8,10H,3,7,9H2,1-2H3,(H,19,20). The average Bonchev–Trinajstić information content (AvgIpc) is 2.94. The van der Waals surface area contributed by atoms with Gasteiger partial charge >= 0.3 is 5.97 Å². The Morgan fingerprint density at radius 1 is 1.48 bits per heavy atom. The van der Waals surface area contributed by atoms with E-state index in [1.807, 2.05) is 31.2 Å². The molecular weight excluding hydrogens is 272 g/mol. The molecular formula is C14H18N4O3. The van der Waals surface area contributed by atoms with E-state index < -0.39 is 5.97 Å². The van der Waals surface area contributed by atoms with Gasteiger partial charge in [0.05, 0.1) is 7.11 Å². The number of carboxylic acids is 1. The fraction of sp³-hybridized carbons (Fsp3) is 0.429. The van der Waals surface area contributed by atoms with Gasteiger partial charge in [-0.1, -0.05) is 25.5 Å². The number of hydrogen-bond acceptors (Lipinski definition) is 5. The van der Waals surface area contributed by atoms with E-state index in [4.69, 9.17) is 9.84 Å². The van der Waals surface area contributed by atoms with Crippen molar-refractivity contribution in [2.24, 2.45) is 5.92 Å². The van der Waals surface area contributed by atoms with E-state index in [0.29, 0.717) is 12.4 Å². The predicted octanol–water partition coefficient (Wildman–Crippen LogP) is 1.85. The first-order chi connectivity index (χ1) is 10.1. The van der Waals surface area contributed by atoms with Crippen molar-refractivity contribution in [3.05, 3.63) is 24.3 Å². The summed E-state index contributed by atoms with van der Waals surface area (Å²) in [4.78, 5) is 10.9. The fourth-order valence-corrected chi connectivity index (χ4v) is 2.13. The number of hydrogen-bond donors (Lipinski definition) is 1. The van der Waals surface area contributed by atoms with Crippen LogP contribution in [-0.4, -0.2) is 38.4 Å². The molecule has 1 unspecified atom stereocenters. The Kier molecular flexibility index (Phi) is 4.86. The van der Waals surface area contributed by atoms with Gasteiger partial charge in [-0.3, -0.25) is 4.79 Å². The first kappa shape index (κ1) is 15.0. The largest absolute Gasteiger partial charge is 0.497 e. The van der Waals surface area contributed by atoms with Crippen LogP contribution in [0.1, 0.15) is 19.8 Å². The third-order valence-electron chi connectivity index (χ3n) is 3.33. The quantitative estimate of drug-likeness (QED) is 0.837. The smallest absolute Gasteiger partial charge is 0.303 e. The van der Waals surface area contributed by atoms with Gasteiger partial charge in [-0.25, -0.2) is 4.68 Å². The van der Waals surface area contributed by atoms with Gasteiger partial charge in [0.25, 0.3) is 0 Å². The molecule has 0 saturated carbocycles. The van der Waals surface area contributed by atoms with Crippen LogP contribution in [0.2, 0.25) is 0 Å². The Labute approximate surface area is 122 Å². The fourth-order valence-electron chi connectivity index (χ4n) is 2.13. The highest BCUT2D eigenvalue weighted by Crippen LogP contribution is 2.22. The van der Waals surface area contributed by atoms with Gasteiger partial charge in [-0.15, -0.1) is 5.10 Å². The van der Waals surface area contributed by atoms with Crippen LogP contribution in [-0.2, 0) is 11.3 Å². The minimum absolute atomic E-state index is 0.00430. The van der Waals surface area contributed by atoms with Gasteiger partial charge in [0.2, 0.25) is 0 Å². The molecule has 7 heteroatoms. The van der Waals surface area contributed by atoms with Crippen molar-refractivity contribution in [1.29, 1.82) is 0 Å². The summed E-state index contributed by atoms with van der Waals surface area (Å²) in [7, 11) is 1.60. The highest BCUT2D eigenvalue weighted by Gasteiger charge is 2.16. The number of aromatic nitrogens is 4. The van der Waals surface area contributed by atoms with E-state index in [-0.39, 0.29) is 12.3 Å². The van der Waals surface area contributed by atoms with Gasteiger partial charge in [-0.2, -0.15) is 0 Å². The summed E-state index contributed by atoms with van der Waals surface area (Å²) in [5.74, 6) is 0.519. The Bertz CT molecular complexity index is 612. The lowest BCUT2D eigenvalue weighted by Crippen LogP contribution is -2.16. The van der Waals surface area contributed by atoms with Crippen molar-refractivity contribution in [3.8, 4) is 17.1 Å². The van der Waals surface area contributed by atoms with Crippen LogP contribution in [0.5, 0.6) is 5.75 Å². The molecule has 0 radical (unpaired) electrons. The lowest BCUT2D eigenvalue weighted by Gasteiger charge is -2.13. The summed E-state index contributed by atoms with van der Waals surface area (Å²) in [5, 5.41) is 20.6. The normalized spacial score (nSPS) is 12.1. The maximum atomic E-state index is 10.9. The summed E-state index contributed by atoms with van der Waals surface area (Å²) >= 11 is 0. The number of methoxy groups -OCH3 is 1. The number of aliphatic carboxylic acids is 1. The molecule has 0 fully saturated rings. The van der Waals surface area contributed by atoms with Crippen molar-refractivity contribution in [2.75, 3.05) is 7.11 Å². The number of carbonyl (C=O) groups is 1. The third kappa shape index (κ3) is 3.77. The van der Waals surface area contributed by atoms with Crippen LogP contribution in [0.15, 0.2) is 24.3 Å². The highest BCUT2D eigenvalue weighted by molar-refractivity contribution is 5.67. The van der Waals surface area contributed by atoms with Crippen molar-refractivity contribution < 1.29 is 14.6 Å². The number of nitrogens with zero attached hydrogens (tertiary/aromatic N) is 4. The number of benzene rings is 1. The van der Waals surface area contributed by atoms with Crippen molar-refractivity contribution in [3.63, 3.8) is 0 Å². The van der Waals surface area contributed by atoms with Gasteiger partial charge in [0.1, 0.15) is 5.75 Å². The summed E-state index contributed by atoms with van der Waals surface area (Å²) < 4.78 is 6.84. The van der Waals surface area contributed by atoms with Crippen LogP contribution in [0.4, 0.5) is 0 Å². The second kappa shape index (κ2) is 6.83. The number of carboxylic acid groups (broad SMARTS) is 1. The van der Waals surface area contributed by atoms with Crippen LogP contribution in [0.3, 0.4) is 0 Å². The molecule has 1 heterocycles. The molecule has 1 N–H and O–H groups in total. The maximum Gasteiger partial charge on any atom is 0.303 e. The van der Waals surface area contributed by atoms with E-state index in [2.05, 4.69) is 15.5 Å². The van der Waals surface area contributed by atoms with Crippen LogP contribution >= 0.6 is 0 Å². The minimum Gasteiger partial charge on any atom is -0.497 e. The second-order valence-corrected chi connectivity index (χ2v) is 4.79. The lowest BCUT2D eigenvalue weighted by molar-refractivity contribution is -0.138. The summed E-state index contributed by atoms with van der Waals surface area (Å²) in [6.07, 6.45) is 0.859. The molecule has 0 aliphatic rings. The summed E-state index contributed by atoms with van der Waals surface area (Å²) in [6, 6.07) is 7.45. The van der Waals surface area contributed by atoms with Crippen LogP contribution < -0.4 is 4.74 Å². The zero-order valence-corrected chi connectivity index (χ0v) is 12.1. The van der Waals surface area contributed by atoms with E-state index in [1.54, 1.807) is 11.8 Å². The second-order valence-electron chi connectivity index (χ2n) is 4.79. The molecule has 0 saturated heterocycles. The van der Waals surface area contributed by atoms with E-state index in [1.165, 1.54) is 0 Å². The zero-order chi connectivity index (χ0) is 15.2. The Morgan fingerprint density at radius 3 is 2.95 bits per heavy atom. The SMILES string of the molecule is CCC(CC(=O)O)Cn1nnnc1-c1cccc(OC)c1. The number of rotatable bonds is 7. The number of ether oxygens (including phenoxy) is 1. The molecule has 1 aromatic carbocycles. The monoisotopic (exact) mass is 290 g/mol. The highest BCUT2D eigenvalue weighted by atomic mass is 16.5. The van der Waals surface area contributed by atoms with Gasteiger partial charge in [0, 0.05) is 18.5 Å². The first-order valence-corrected chi connectivity index (χ1v) is 6.76. The Balaban J connectivity index is 2.23. The lowest BCUT2D eigenvalue weighted by atomic mass is 10.0. The molecule has 0 amide bonds. The molecule has 1 atom stereocenters. The van der Waals surface area contributed by atoms with Gasteiger partial charge in [0.15, 0.2) is 5.82 Å². The number of tetrazole rings is 1. The molecule has 0 aliphatic carbocycles. The third-order valence-corrected chi connectivity index (χ3v) is 3.33. The Morgan fingerprint density at radius 2 is 2.29 bits per heavy atom. The molecule has 0 aliphatic heterocycles. The Hall–Kier alpha value is -2.44. The first-order valence-electron chi connectivity index (χ1n) is 6.76. The molecule has 1 aromatic heterocycles. The van der Waals surface area contributed by atoms with E-state index in [9.17, 15) is 4.79 Å². The van der Waals surface area contributed by atoms with E-state index >= 15 is 0 Å². The van der Waals surface area contributed by atoms with E-state index in [0.717, 1.165) is 17.7 Å². The summed E-state index contributed by atoms with van der Waals surface area (Å²) in [6.45, 7) is 2.44. The average molecular weight is 290 g/mol. The molecule has 112 valence electrons. The molecule has 21 heavy (non-hydrogen) atoms. The topological polar surface area (TPSA) is 90.1 Å². The van der Waals surface area contributed by atoms with Crippen molar-refractivity contribution in [2.45, 2.75) is 26.3 Å². The van der Waals surface area contributed by atoms with Gasteiger partial charge < -0.3 is 9.84 Å². The van der Waals surface area contributed by atoms with Crippen LogP contribution in [0, 0.1) is 5.92 Å². The maximum absolute atomic E-state index is 10.9. The predicted molar refractivity (Wildman–Crippen MR) is 75.8 cm³/mol. The molecule has 0 spiro atoms. The molecule has 0 bridgehead atoms. The molecule has 2 rings (SSSR count). The van der Waals surface area contributed by atoms with Crippen LogP contribution in [0.25, 0.3) is 11.4 Å². The minimum atomic E-state index is -0.808. The van der Waals surface area contributed by atoms with Crippen molar-refractivity contribution in [1.82, 2.24) is 20.2 Å². The molecule has 7 nitrogen and oxygen atoms in total. The van der Waals surface area contributed by atoms with Gasteiger partial charge in [-0.05, 0) is 28.5 Å². The van der Waals surface area contributed by atoms with Crippen molar-refractivity contribution >= 4 is 5.97 Å². The molecule has 2 aromatic rings. The zero-order valence-electron chi connectivity index (χ0n) is 12.1.